The van der Waals surface area contributed by atoms with Crippen molar-refractivity contribution in [2.24, 2.45) is 0 Å². The zero-order valence-corrected chi connectivity index (χ0v) is 21.4. The number of para-hydroxylation sites is 1. The molecule has 3 aromatic rings. The smallest absolute Gasteiger partial charge is 0.270 e. The lowest BCUT2D eigenvalue weighted by Crippen LogP contribution is -2.27. The summed E-state index contributed by atoms with van der Waals surface area (Å²) in [4.78, 5) is 15.1. The highest BCUT2D eigenvalue weighted by atomic mass is 79.9. The number of thioether (sulfide) groups is 1. The molecule has 0 bridgehead atoms. The molecule has 0 N–H and O–H groups in total. The minimum Gasteiger partial charge on any atom is -0.490 e. The van der Waals surface area contributed by atoms with E-state index in [0.29, 0.717) is 37.4 Å². The number of hydrogen-bond donors (Lipinski definition) is 0. The Morgan fingerprint density at radius 2 is 1.85 bits per heavy atom. The summed E-state index contributed by atoms with van der Waals surface area (Å²) in [6, 6.07) is 22.5. The second-order valence-electron chi connectivity index (χ2n) is 7.17. The van der Waals surface area contributed by atoms with Crippen molar-refractivity contribution in [2.75, 3.05) is 11.5 Å². The van der Waals surface area contributed by atoms with Crippen LogP contribution in [0.3, 0.4) is 0 Å². The van der Waals surface area contributed by atoms with Gasteiger partial charge in [-0.2, -0.15) is 5.26 Å². The molecule has 34 heavy (non-hydrogen) atoms. The van der Waals surface area contributed by atoms with Crippen molar-refractivity contribution >= 4 is 61.9 Å². The van der Waals surface area contributed by atoms with E-state index >= 15 is 0 Å². The summed E-state index contributed by atoms with van der Waals surface area (Å²) < 4.78 is 13.0. The number of carbonyl (C=O) groups excluding carboxylic acids is 1. The number of nitriles is 1. The maximum atomic E-state index is 13.1. The topological polar surface area (TPSA) is 62.6 Å². The average molecular weight is 551 g/mol. The predicted molar refractivity (Wildman–Crippen MR) is 143 cm³/mol. The van der Waals surface area contributed by atoms with Crippen molar-refractivity contribution in [1.82, 2.24) is 0 Å². The minimum absolute atomic E-state index is 0.163. The Morgan fingerprint density at radius 1 is 1.12 bits per heavy atom. The first-order chi connectivity index (χ1) is 16.5. The highest BCUT2D eigenvalue weighted by Crippen LogP contribution is 2.40. The number of halogens is 1. The SMILES string of the molecule is CCOc1cc(/C=C2/SC(=S)N(c3ccccc3)C2=O)cc(Br)c1OCc1ccccc1C#N. The van der Waals surface area contributed by atoms with E-state index in [1.54, 1.807) is 12.1 Å². The van der Waals surface area contributed by atoms with Gasteiger partial charge in [-0.15, -0.1) is 0 Å². The highest BCUT2D eigenvalue weighted by molar-refractivity contribution is 9.10. The molecule has 0 aliphatic carbocycles. The molecule has 1 fully saturated rings. The first-order valence-electron chi connectivity index (χ1n) is 10.4. The van der Waals surface area contributed by atoms with Crippen LogP contribution in [0.1, 0.15) is 23.6 Å². The Morgan fingerprint density at radius 3 is 2.59 bits per heavy atom. The van der Waals surface area contributed by atoms with Crippen LogP contribution in [0.2, 0.25) is 0 Å². The van der Waals surface area contributed by atoms with Crippen LogP contribution < -0.4 is 14.4 Å². The normalized spacial score (nSPS) is 14.4. The average Bonchev–Trinajstić information content (AvgIpc) is 3.12. The summed E-state index contributed by atoms with van der Waals surface area (Å²) in [5.74, 6) is 0.906. The summed E-state index contributed by atoms with van der Waals surface area (Å²) in [6.45, 7) is 2.55. The van der Waals surface area contributed by atoms with Gasteiger partial charge in [-0.25, -0.2) is 0 Å². The Bertz CT molecular complexity index is 1320. The van der Waals surface area contributed by atoms with Crippen LogP contribution >= 0.6 is 39.9 Å². The van der Waals surface area contributed by atoms with Crippen molar-refractivity contribution in [3.63, 3.8) is 0 Å². The molecule has 0 atom stereocenters. The fourth-order valence-electron chi connectivity index (χ4n) is 3.40. The molecule has 0 radical (unpaired) electrons. The molecular weight excluding hydrogens is 532 g/mol. The van der Waals surface area contributed by atoms with Crippen molar-refractivity contribution in [3.8, 4) is 17.6 Å². The summed E-state index contributed by atoms with van der Waals surface area (Å²) in [5.41, 5.74) is 2.86. The van der Waals surface area contributed by atoms with E-state index < -0.39 is 0 Å². The van der Waals surface area contributed by atoms with E-state index in [-0.39, 0.29) is 12.5 Å². The van der Waals surface area contributed by atoms with E-state index in [1.807, 2.05) is 67.6 Å². The fourth-order valence-corrected chi connectivity index (χ4v) is 5.27. The molecule has 0 aromatic heterocycles. The van der Waals surface area contributed by atoms with Gasteiger partial charge in [0.25, 0.3) is 5.91 Å². The van der Waals surface area contributed by atoms with Gasteiger partial charge in [-0.3, -0.25) is 9.69 Å². The van der Waals surface area contributed by atoms with Gasteiger partial charge in [-0.1, -0.05) is 60.4 Å². The molecule has 1 aliphatic heterocycles. The third-order valence-electron chi connectivity index (χ3n) is 4.95. The van der Waals surface area contributed by atoms with Crippen molar-refractivity contribution in [3.05, 3.63) is 92.8 Å². The third kappa shape index (κ3) is 5.17. The van der Waals surface area contributed by atoms with Crippen LogP contribution in [0.25, 0.3) is 6.08 Å². The molecule has 1 heterocycles. The number of thiocarbonyl (C=S) groups is 1. The Kier molecular flexibility index (Phi) is 7.68. The zero-order valence-electron chi connectivity index (χ0n) is 18.2. The van der Waals surface area contributed by atoms with Crippen molar-refractivity contribution in [2.45, 2.75) is 13.5 Å². The number of anilines is 1. The van der Waals surface area contributed by atoms with Crippen LogP contribution in [0.4, 0.5) is 5.69 Å². The third-order valence-corrected chi connectivity index (χ3v) is 6.84. The maximum Gasteiger partial charge on any atom is 0.270 e. The number of benzene rings is 3. The van der Waals surface area contributed by atoms with Gasteiger partial charge in [-0.05, 0) is 64.8 Å². The van der Waals surface area contributed by atoms with Gasteiger partial charge >= 0.3 is 0 Å². The quantitative estimate of drug-likeness (QED) is 0.241. The van der Waals surface area contributed by atoms with E-state index in [2.05, 4.69) is 22.0 Å². The van der Waals surface area contributed by atoms with Gasteiger partial charge in [0, 0.05) is 5.56 Å². The number of hydrogen-bond acceptors (Lipinski definition) is 6. The molecule has 8 heteroatoms. The summed E-state index contributed by atoms with van der Waals surface area (Å²) in [5, 5.41) is 9.32. The summed E-state index contributed by atoms with van der Waals surface area (Å²) >= 11 is 10.3. The number of amides is 1. The predicted octanol–water partition coefficient (Wildman–Crippen LogP) is 6.70. The number of carbonyl (C=O) groups is 1. The number of nitrogens with zero attached hydrogens (tertiary/aromatic N) is 2. The van der Waals surface area contributed by atoms with Crippen LogP contribution in [0.5, 0.6) is 11.5 Å². The maximum absolute atomic E-state index is 13.1. The molecular formula is C26H19BrN2O3S2. The Hall–Kier alpha value is -3.12. The van der Waals surface area contributed by atoms with Crippen molar-refractivity contribution in [1.29, 1.82) is 5.26 Å². The van der Waals surface area contributed by atoms with E-state index in [0.717, 1.165) is 16.8 Å². The van der Waals surface area contributed by atoms with Crippen LogP contribution in [-0.4, -0.2) is 16.8 Å². The van der Waals surface area contributed by atoms with Gasteiger partial charge in [0.2, 0.25) is 0 Å². The molecule has 1 aliphatic rings. The molecule has 170 valence electrons. The van der Waals surface area contributed by atoms with Crippen LogP contribution in [0, 0.1) is 11.3 Å². The van der Waals surface area contributed by atoms with Gasteiger partial charge in [0.15, 0.2) is 15.8 Å². The van der Waals surface area contributed by atoms with E-state index in [4.69, 9.17) is 21.7 Å². The molecule has 0 spiro atoms. The lowest BCUT2D eigenvalue weighted by atomic mass is 10.1. The van der Waals surface area contributed by atoms with Crippen LogP contribution in [0.15, 0.2) is 76.1 Å². The zero-order chi connectivity index (χ0) is 24.1. The Labute approximate surface area is 216 Å². The van der Waals surface area contributed by atoms with E-state index in [1.165, 1.54) is 16.7 Å². The standard InChI is InChI=1S/C26H19BrN2O3S2/c1-2-31-22-13-17(12-21(27)24(22)32-16-19-9-7-6-8-18(19)15-28)14-23-25(30)29(26(33)34-23)20-10-4-3-5-11-20/h3-14H,2,16H2,1H3/b23-14+. The summed E-state index contributed by atoms with van der Waals surface area (Å²) in [7, 11) is 0. The molecule has 5 nitrogen and oxygen atoms in total. The van der Waals surface area contributed by atoms with Gasteiger partial charge in [0.05, 0.1) is 33.3 Å². The second kappa shape index (κ2) is 10.9. The highest BCUT2D eigenvalue weighted by Gasteiger charge is 2.33. The molecule has 4 rings (SSSR count). The second-order valence-corrected chi connectivity index (χ2v) is 9.70. The lowest BCUT2D eigenvalue weighted by Gasteiger charge is -2.15. The van der Waals surface area contributed by atoms with Crippen LogP contribution in [-0.2, 0) is 11.4 Å². The molecule has 0 saturated carbocycles. The monoisotopic (exact) mass is 550 g/mol. The largest absolute Gasteiger partial charge is 0.490 e. The minimum atomic E-state index is -0.163. The number of ether oxygens (including phenoxy) is 2. The van der Waals surface area contributed by atoms with E-state index in [9.17, 15) is 10.1 Å². The van der Waals surface area contributed by atoms with Crippen molar-refractivity contribution < 1.29 is 14.3 Å². The molecule has 1 amide bonds. The molecule has 1 saturated heterocycles. The molecule has 0 unspecified atom stereocenters. The lowest BCUT2D eigenvalue weighted by molar-refractivity contribution is -0.113. The Balaban J connectivity index is 1.61. The van der Waals surface area contributed by atoms with Gasteiger partial charge < -0.3 is 9.47 Å². The first kappa shape index (κ1) is 24.0. The summed E-state index contributed by atoms with van der Waals surface area (Å²) in [6.07, 6.45) is 1.80. The number of rotatable bonds is 7. The van der Waals surface area contributed by atoms with Gasteiger partial charge in [0.1, 0.15) is 6.61 Å². The first-order valence-corrected chi connectivity index (χ1v) is 12.4. The molecule has 3 aromatic carbocycles. The fraction of sp³-hybridized carbons (Fsp3) is 0.115.